The standard InChI is InChI=1S/C20H18N2O2/c1-14-9-10-15(2)18(12-14)22-20(23)16-6-5-7-17(13-16)24-19-8-3-4-11-21-19/h3-13H,1-2H3,(H,22,23). The lowest BCUT2D eigenvalue weighted by atomic mass is 10.1. The fourth-order valence-electron chi connectivity index (χ4n) is 2.29. The molecule has 0 bridgehead atoms. The van der Waals surface area contributed by atoms with E-state index in [0.29, 0.717) is 17.2 Å². The molecule has 0 unspecified atom stereocenters. The van der Waals surface area contributed by atoms with Crippen LogP contribution in [0.2, 0.25) is 0 Å². The molecule has 0 aliphatic heterocycles. The number of pyridine rings is 1. The normalized spacial score (nSPS) is 10.2. The summed E-state index contributed by atoms with van der Waals surface area (Å²) in [5, 5.41) is 2.95. The van der Waals surface area contributed by atoms with Gasteiger partial charge < -0.3 is 10.1 Å². The smallest absolute Gasteiger partial charge is 0.255 e. The Morgan fingerprint density at radius 1 is 1.00 bits per heavy atom. The number of amides is 1. The Hall–Kier alpha value is -3.14. The van der Waals surface area contributed by atoms with E-state index < -0.39 is 0 Å². The van der Waals surface area contributed by atoms with Gasteiger partial charge in [-0.3, -0.25) is 4.79 Å². The van der Waals surface area contributed by atoms with Crippen molar-refractivity contribution in [3.05, 3.63) is 83.6 Å². The number of rotatable bonds is 4. The molecule has 0 saturated carbocycles. The van der Waals surface area contributed by atoms with E-state index in [1.54, 1.807) is 36.5 Å². The lowest BCUT2D eigenvalue weighted by molar-refractivity contribution is 0.102. The minimum absolute atomic E-state index is 0.171. The fourth-order valence-corrected chi connectivity index (χ4v) is 2.29. The van der Waals surface area contributed by atoms with Crippen molar-refractivity contribution in [1.82, 2.24) is 4.98 Å². The molecule has 0 saturated heterocycles. The van der Waals surface area contributed by atoms with Crippen LogP contribution in [0.15, 0.2) is 66.9 Å². The number of carbonyl (C=O) groups is 1. The average molecular weight is 318 g/mol. The molecule has 0 aliphatic carbocycles. The van der Waals surface area contributed by atoms with Crippen LogP contribution in [0, 0.1) is 13.8 Å². The molecule has 2 aromatic carbocycles. The molecule has 3 rings (SSSR count). The molecule has 0 atom stereocenters. The first-order valence-electron chi connectivity index (χ1n) is 7.69. The van der Waals surface area contributed by atoms with Crippen molar-refractivity contribution < 1.29 is 9.53 Å². The number of aromatic nitrogens is 1. The number of nitrogens with zero attached hydrogens (tertiary/aromatic N) is 1. The number of nitrogens with one attached hydrogen (secondary N) is 1. The lowest BCUT2D eigenvalue weighted by Gasteiger charge is -2.10. The Kier molecular flexibility index (Phi) is 4.57. The highest BCUT2D eigenvalue weighted by molar-refractivity contribution is 6.04. The number of hydrogen-bond donors (Lipinski definition) is 1. The third kappa shape index (κ3) is 3.79. The number of carbonyl (C=O) groups excluding carboxylic acids is 1. The third-order valence-corrected chi connectivity index (χ3v) is 3.60. The summed E-state index contributed by atoms with van der Waals surface area (Å²) in [5.41, 5.74) is 3.47. The molecule has 1 amide bonds. The Balaban J connectivity index is 1.78. The van der Waals surface area contributed by atoms with Gasteiger partial charge in [-0.15, -0.1) is 0 Å². The van der Waals surface area contributed by atoms with Gasteiger partial charge in [0.2, 0.25) is 5.88 Å². The molecule has 4 nitrogen and oxygen atoms in total. The van der Waals surface area contributed by atoms with Crippen LogP contribution in [0.4, 0.5) is 5.69 Å². The second kappa shape index (κ2) is 6.96. The third-order valence-electron chi connectivity index (χ3n) is 3.60. The van der Waals surface area contributed by atoms with E-state index in [2.05, 4.69) is 10.3 Å². The molecular weight excluding hydrogens is 300 g/mol. The lowest BCUT2D eigenvalue weighted by Crippen LogP contribution is -2.12. The van der Waals surface area contributed by atoms with Gasteiger partial charge in [-0.1, -0.05) is 24.3 Å². The van der Waals surface area contributed by atoms with Crippen LogP contribution in [0.5, 0.6) is 11.6 Å². The zero-order valence-corrected chi connectivity index (χ0v) is 13.6. The summed E-state index contributed by atoms with van der Waals surface area (Å²) in [5.74, 6) is 0.891. The summed E-state index contributed by atoms with van der Waals surface area (Å²) in [4.78, 5) is 16.6. The highest BCUT2D eigenvalue weighted by Crippen LogP contribution is 2.22. The highest BCUT2D eigenvalue weighted by Gasteiger charge is 2.09. The van der Waals surface area contributed by atoms with Gasteiger partial charge in [0, 0.05) is 23.5 Å². The molecule has 3 aromatic rings. The number of hydrogen-bond acceptors (Lipinski definition) is 3. The first-order chi connectivity index (χ1) is 11.6. The minimum atomic E-state index is -0.171. The Labute approximate surface area is 141 Å². The van der Waals surface area contributed by atoms with Crippen LogP contribution in [-0.2, 0) is 0 Å². The zero-order chi connectivity index (χ0) is 16.9. The fraction of sp³-hybridized carbons (Fsp3) is 0.100. The molecule has 0 spiro atoms. The van der Waals surface area contributed by atoms with E-state index in [-0.39, 0.29) is 5.91 Å². The minimum Gasteiger partial charge on any atom is -0.439 e. The number of anilines is 1. The van der Waals surface area contributed by atoms with E-state index >= 15 is 0 Å². The Bertz CT molecular complexity index is 861. The SMILES string of the molecule is Cc1ccc(C)c(NC(=O)c2cccc(Oc3ccccn3)c2)c1. The monoisotopic (exact) mass is 318 g/mol. The summed E-state index contributed by atoms with van der Waals surface area (Å²) < 4.78 is 5.67. The summed E-state index contributed by atoms with van der Waals surface area (Å²) in [6, 6.07) is 18.4. The van der Waals surface area contributed by atoms with Gasteiger partial charge in [0.15, 0.2) is 0 Å². The van der Waals surface area contributed by atoms with Gasteiger partial charge in [0.25, 0.3) is 5.91 Å². The first kappa shape index (κ1) is 15.7. The second-order valence-electron chi connectivity index (χ2n) is 5.57. The van der Waals surface area contributed by atoms with Crippen LogP contribution in [0.25, 0.3) is 0 Å². The van der Waals surface area contributed by atoms with Crippen molar-refractivity contribution in [3.63, 3.8) is 0 Å². The van der Waals surface area contributed by atoms with Crippen LogP contribution < -0.4 is 10.1 Å². The van der Waals surface area contributed by atoms with Gasteiger partial charge in [0.05, 0.1) is 0 Å². The van der Waals surface area contributed by atoms with Crippen molar-refractivity contribution in [2.75, 3.05) is 5.32 Å². The molecule has 120 valence electrons. The molecule has 1 heterocycles. The number of benzene rings is 2. The Morgan fingerprint density at radius 2 is 1.88 bits per heavy atom. The average Bonchev–Trinajstić information content (AvgIpc) is 2.59. The largest absolute Gasteiger partial charge is 0.439 e. The first-order valence-corrected chi connectivity index (χ1v) is 7.69. The van der Waals surface area contributed by atoms with Gasteiger partial charge >= 0.3 is 0 Å². The van der Waals surface area contributed by atoms with Crippen LogP contribution in [-0.4, -0.2) is 10.9 Å². The molecule has 1 aromatic heterocycles. The summed E-state index contributed by atoms with van der Waals surface area (Å²) in [6.45, 7) is 3.96. The second-order valence-corrected chi connectivity index (χ2v) is 5.57. The van der Waals surface area contributed by atoms with Crippen LogP contribution in [0.1, 0.15) is 21.5 Å². The maximum atomic E-state index is 12.5. The van der Waals surface area contributed by atoms with Crippen LogP contribution in [0.3, 0.4) is 0 Å². The highest BCUT2D eigenvalue weighted by atomic mass is 16.5. The predicted molar refractivity (Wildman–Crippen MR) is 94.6 cm³/mol. The van der Waals surface area contributed by atoms with Gasteiger partial charge in [-0.25, -0.2) is 4.98 Å². The van der Waals surface area contributed by atoms with E-state index in [9.17, 15) is 4.79 Å². The van der Waals surface area contributed by atoms with Crippen molar-refractivity contribution in [2.24, 2.45) is 0 Å². The number of aryl methyl sites for hydroxylation is 2. The van der Waals surface area contributed by atoms with Crippen molar-refractivity contribution in [3.8, 4) is 11.6 Å². The molecule has 1 N–H and O–H groups in total. The maximum Gasteiger partial charge on any atom is 0.255 e. The molecule has 24 heavy (non-hydrogen) atoms. The van der Waals surface area contributed by atoms with Crippen LogP contribution >= 0.6 is 0 Å². The summed E-state index contributed by atoms with van der Waals surface area (Å²) >= 11 is 0. The molecule has 0 aliphatic rings. The molecule has 4 heteroatoms. The Morgan fingerprint density at radius 3 is 2.67 bits per heavy atom. The summed E-state index contributed by atoms with van der Waals surface area (Å²) in [6.07, 6.45) is 1.66. The van der Waals surface area contributed by atoms with E-state index in [4.69, 9.17) is 4.74 Å². The van der Waals surface area contributed by atoms with Crippen molar-refractivity contribution >= 4 is 11.6 Å². The predicted octanol–water partition coefficient (Wildman–Crippen LogP) is 4.74. The topological polar surface area (TPSA) is 51.2 Å². The quantitative estimate of drug-likeness (QED) is 0.755. The van der Waals surface area contributed by atoms with Gasteiger partial charge in [-0.2, -0.15) is 0 Å². The maximum absolute atomic E-state index is 12.5. The van der Waals surface area contributed by atoms with Gasteiger partial charge in [-0.05, 0) is 55.3 Å². The number of ether oxygens (including phenoxy) is 1. The van der Waals surface area contributed by atoms with Gasteiger partial charge in [0.1, 0.15) is 5.75 Å². The van der Waals surface area contributed by atoms with Crippen molar-refractivity contribution in [1.29, 1.82) is 0 Å². The van der Waals surface area contributed by atoms with E-state index in [1.807, 2.05) is 44.2 Å². The van der Waals surface area contributed by atoms with E-state index in [1.165, 1.54) is 0 Å². The zero-order valence-electron chi connectivity index (χ0n) is 13.6. The summed E-state index contributed by atoms with van der Waals surface area (Å²) in [7, 11) is 0. The van der Waals surface area contributed by atoms with Crippen molar-refractivity contribution in [2.45, 2.75) is 13.8 Å². The molecule has 0 radical (unpaired) electrons. The van der Waals surface area contributed by atoms with E-state index in [0.717, 1.165) is 16.8 Å². The molecule has 0 fully saturated rings. The molecular formula is C20H18N2O2.